The molecule has 0 aliphatic rings. The fourth-order valence-electron chi connectivity index (χ4n) is 3.29. The van der Waals surface area contributed by atoms with Gasteiger partial charge in [-0.2, -0.15) is 5.10 Å². The maximum atomic E-state index is 12.0. The molecule has 0 aliphatic heterocycles. The number of rotatable bonds is 4. The number of fused-ring (bicyclic) bond motifs is 1. The van der Waals surface area contributed by atoms with Crippen LogP contribution in [0.2, 0.25) is 0 Å². The lowest BCUT2D eigenvalue weighted by Crippen LogP contribution is -2.02. The second kappa shape index (κ2) is 7.09. The molecule has 0 radical (unpaired) electrons. The molecule has 0 fully saturated rings. The molecule has 6 heteroatoms. The molecule has 0 aliphatic carbocycles. The van der Waals surface area contributed by atoms with Crippen LogP contribution in [0.1, 0.15) is 10.5 Å². The van der Waals surface area contributed by atoms with Crippen LogP contribution in [-0.4, -0.2) is 31.0 Å². The Bertz CT molecular complexity index is 1300. The molecule has 0 unspecified atom stereocenters. The monoisotopic (exact) mass is 377 g/mol. The SMILES string of the molecule is O=Cc1nc(-c2ccccn2)nc2c1c(-c1ccccc1)nn2-c1ccccc1. The minimum atomic E-state index is 0.289. The lowest BCUT2D eigenvalue weighted by atomic mass is 10.1. The van der Waals surface area contributed by atoms with Crippen molar-refractivity contribution < 1.29 is 4.79 Å². The van der Waals surface area contributed by atoms with Crippen LogP contribution in [-0.2, 0) is 0 Å². The fraction of sp³-hybridized carbons (Fsp3) is 0. The first-order valence-corrected chi connectivity index (χ1v) is 9.13. The Hall–Kier alpha value is -4.19. The van der Waals surface area contributed by atoms with Gasteiger partial charge in [-0.05, 0) is 24.3 Å². The summed E-state index contributed by atoms with van der Waals surface area (Å²) in [5.74, 6) is 0.386. The Kier molecular flexibility index (Phi) is 4.14. The van der Waals surface area contributed by atoms with Gasteiger partial charge in [0, 0.05) is 11.8 Å². The zero-order chi connectivity index (χ0) is 19.6. The Morgan fingerprint density at radius 3 is 2.21 bits per heavy atom. The van der Waals surface area contributed by atoms with Crippen molar-refractivity contribution in [2.75, 3.05) is 0 Å². The van der Waals surface area contributed by atoms with Gasteiger partial charge in [-0.3, -0.25) is 9.78 Å². The van der Waals surface area contributed by atoms with Gasteiger partial charge in [-0.15, -0.1) is 0 Å². The van der Waals surface area contributed by atoms with E-state index in [1.54, 1.807) is 10.9 Å². The molecule has 0 bridgehead atoms. The van der Waals surface area contributed by atoms with E-state index in [0.29, 0.717) is 28.2 Å². The molecule has 5 aromatic rings. The van der Waals surface area contributed by atoms with Crippen LogP contribution in [0.15, 0.2) is 85.1 Å². The predicted molar refractivity (Wildman–Crippen MR) is 111 cm³/mol. The molecular weight excluding hydrogens is 362 g/mol. The van der Waals surface area contributed by atoms with Crippen molar-refractivity contribution in [1.29, 1.82) is 0 Å². The largest absolute Gasteiger partial charge is 0.296 e. The molecule has 0 N–H and O–H groups in total. The maximum absolute atomic E-state index is 12.0. The van der Waals surface area contributed by atoms with Gasteiger partial charge in [0.15, 0.2) is 17.8 Å². The van der Waals surface area contributed by atoms with Crippen molar-refractivity contribution in [3.8, 4) is 28.5 Å². The summed E-state index contributed by atoms with van der Waals surface area (Å²) >= 11 is 0. The van der Waals surface area contributed by atoms with E-state index in [0.717, 1.165) is 17.5 Å². The molecule has 0 saturated heterocycles. The van der Waals surface area contributed by atoms with Crippen molar-refractivity contribution in [3.63, 3.8) is 0 Å². The fourth-order valence-corrected chi connectivity index (χ4v) is 3.29. The summed E-state index contributed by atoms with van der Waals surface area (Å²) in [6, 6.07) is 24.9. The molecule has 29 heavy (non-hydrogen) atoms. The number of para-hydroxylation sites is 1. The Morgan fingerprint density at radius 2 is 1.52 bits per heavy atom. The van der Waals surface area contributed by atoms with E-state index in [9.17, 15) is 4.79 Å². The number of aromatic nitrogens is 5. The Balaban J connectivity index is 1.87. The summed E-state index contributed by atoms with van der Waals surface area (Å²) in [5.41, 5.74) is 3.86. The molecule has 5 rings (SSSR count). The highest BCUT2D eigenvalue weighted by atomic mass is 16.1. The van der Waals surface area contributed by atoms with Crippen LogP contribution in [0.4, 0.5) is 0 Å². The number of hydrogen-bond acceptors (Lipinski definition) is 5. The molecule has 2 aromatic carbocycles. The summed E-state index contributed by atoms with van der Waals surface area (Å²) in [5, 5.41) is 5.43. The average molecular weight is 377 g/mol. The maximum Gasteiger partial charge on any atom is 0.180 e. The van der Waals surface area contributed by atoms with E-state index < -0.39 is 0 Å². The van der Waals surface area contributed by atoms with Crippen molar-refractivity contribution in [1.82, 2.24) is 24.7 Å². The highest BCUT2D eigenvalue weighted by molar-refractivity contribution is 6.02. The number of nitrogens with zero attached hydrogens (tertiary/aromatic N) is 5. The Morgan fingerprint density at radius 1 is 0.793 bits per heavy atom. The molecule has 0 spiro atoms. The summed E-state index contributed by atoms with van der Waals surface area (Å²) in [4.78, 5) is 25.5. The number of benzene rings is 2. The van der Waals surface area contributed by atoms with Crippen molar-refractivity contribution in [2.45, 2.75) is 0 Å². The summed E-state index contributed by atoms with van der Waals surface area (Å²) < 4.78 is 1.75. The van der Waals surface area contributed by atoms with Gasteiger partial charge in [-0.25, -0.2) is 14.6 Å². The third-order valence-electron chi connectivity index (χ3n) is 4.61. The number of pyridine rings is 1. The first-order valence-electron chi connectivity index (χ1n) is 9.13. The zero-order valence-corrected chi connectivity index (χ0v) is 15.3. The van der Waals surface area contributed by atoms with E-state index in [1.165, 1.54) is 0 Å². The van der Waals surface area contributed by atoms with Crippen LogP contribution < -0.4 is 0 Å². The Labute approximate surface area is 166 Å². The third-order valence-corrected chi connectivity index (χ3v) is 4.61. The van der Waals surface area contributed by atoms with Crippen LogP contribution in [0.3, 0.4) is 0 Å². The van der Waals surface area contributed by atoms with E-state index in [2.05, 4.69) is 9.97 Å². The van der Waals surface area contributed by atoms with Gasteiger partial charge in [0.25, 0.3) is 0 Å². The minimum Gasteiger partial charge on any atom is -0.296 e. The van der Waals surface area contributed by atoms with Crippen LogP contribution in [0.5, 0.6) is 0 Å². The molecule has 0 atom stereocenters. The number of carbonyl (C=O) groups is 1. The zero-order valence-electron chi connectivity index (χ0n) is 15.3. The number of carbonyl (C=O) groups excluding carboxylic acids is 1. The standard InChI is InChI=1S/C23H15N5O/c29-15-19-20-21(16-9-3-1-4-10-16)27-28(17-11-5-2-6-12-17)23(20)26-22(25-19)18-13-7-8-14-24-18/h1-15H. The summed E-state index contributed by atoms with van der Waals surface area (Å²) in [6.45, 7) is 0. The molecule has 0 amide bonds. The van der Waals surface area contributed by atoms with Gasteiger partial charge in [-0.1, -0.05) is 54.6 Å². The van der Waals surface area contributed by atoms with Gasteiger partial charge < -0.3 is 0 Å². The van der Waals surface area contributed by atoms with Crippen molar-refractivity contribution in [2.24, 2.45) is 0 Å². The predicted octanol–water partition coefficient (Wildman–Crippen LogP) is 4.36. The molecule has 3 heterocycles. The van der Waals surface area contributed by atoms with E-state index >= 15 is 0 Å². The normalized spacial score (nSPS) is 10.9. The van der Waals surface area contributed by atoms with E-state index in [1.807, 2.05) is 78.9 Å². The summed E-state index contributed by atoms with van der Waals surface area (Å²) in [6.07, 6.45) is 2.42. The average Bonchev–Trinajstić information content (AvgIpc) is 3.20. The molecule has 138 valence electrons. The smallest absolute Gasteiger partial charge is 0.180 e. The first-order chi connectivity index (χ1) is 14.3. The molecule has 3 aromatic heterocycles. The highest BCUT2D eigenvalue weighted by Crippen LogP contribution is 2.31. The van der Waals surface area contributed by atoms with E-state index in [-0.39, 0.29) is 5.69 Å². The molecule has 0 saturated carbocycles. The van der Waals surface area contributed by atoms with Gasteiger partial charge in [0.2, 0.25) is 0 Å². The van der Waals surface area contributed by atoms with E-state index in [4.69, 9.17) is 10.1 Å². The number of aldehydes is 1. The van der Waals surface area contributed by atoms with Gasteiger partial charge >= 0.3 is 0 Å². The lowest BCUT2D eigenvalue weighted by Gasteiger charge is -2.05. The molecule has 6 nitrogen and oxygen atoms in total. The third kappa shape index (κ3) is 2.96. The second-order valence-corrected chi connectivity index (χ2v) is 6.43. The lowest BCUT2D eigenvalue weighted by molar-refractivity contribution is 0.112. The van der Waals surface area contributed by atoms with Crippen LogP contribution >= 0.6 is 0 Å². The van der Waals surface area contributed by atoms with Crippen LogP contribution in [0, 0.1) is 0 Å². The van der Waals surface area contributed by atoms with Crippen LogP contribution in [0.25, 0.3) is 39.5 Å². The van der Waals surface area contributed by atoms with Gasteiger partial charge in [0.05, 0.1) is 11.1 Å². The highest BCUT2D eigenvalue weighted by Gasteiger charge is 2.21. The quantitative estimate of drug-likeness (QED) is 0.435. The van der Waals surface area contributed by atoms with Gasteiger partial charge in [0.1, 0.15) is 17.1 Å². The topological polar surface area (TPSA) is 73.6 Å². The second-order valence-electron chi connectivity index (χ2n) is 6.43. The van der Waals surface area contributed by atoms with Crippen molar-refractivity contribution in [3.05, 3.63) is 90.8 Å². The summed E-state index contributed by atoms with van der Waals surface area (Å²) in [7, 11) is 0. The number of hydrogen-bond donors (Lipinski definition) is 0. The molecular formula is C23H15N5O. The first kappa shape index (κ1) is 16.9. The van der Waals surface area contributed by atoms with Crippen molar-refractivity contribution >= 4 is 17.3 Å². The minimum absolute atomic E-state index is 0.289.